The fraction of sp³-hybridized carbons (Fsp3) is 0.471. The summed E-state index contributed by atoms with van der Waals surface area (Å²) < 4.78 is 0. The maximum absolute atomic E-state index is 4.70. The molecule has 4 heteroatoms. The number of nitrogens with zero attached hydrogens (tertiary/aromatic N) is 3. The summed E-state index contributed by atoms with van der Waals surface area (Å²) in [5.74, 6) is 1.55. The largest absolute Gasteiger partial charge is 0.370 e. The molecule has 21 heavy (non-hydrogen) atoms. The van der Waals surface area contributed by atoms with Crippen LogP contribution in [0.4, 0.5) is 5.82 Å². The first-order valence-corrected chi connectivity index (χ1v) is 7.46. The van der Waals surface area contributed by atoms with Gasteiger partial charge in [0, 0.05) is 24.2 Å². The van der Waals surface area contributed by atoms with Gasteiger partial charge in [0.25, 0.3) is 0 Å². The molecular formula is C17H24N4. The number of anilines is 1. The highest BCUT2D eigenvalue weighted by atomic mass is 15.0. The molecule has 0 aliphatic rings. The second kappa shape index (κ2) is 6.20. The fourth-order valence-corrected chi connectivity index (χ4v) is 1.89. The molecule has 0 radical (unpaired) electrons. The minimum atomic E-state index is -0.0228. The summed E-state index contributed by atoms with van der Waals surface area (Å²) in [6.07, 6.45) is 2.91. The lowest BCUT2D eigenvalue weighted by atomic mass is 9.92. The summed E-state index contributed by atoms with van der Waals surface area (Å²) in [5.41, 5.74) is 2.94. The Morgan fingerprint density at radius 2 is 1.90 bits per heavy atom. The number of hydrogen-bond donors (Lipinski definition) is 1. The van der Waals surface area contributed by atoms with Gasteiger partial charge in [-0.25, -0.2) is 9.97 Å². The lowest BCUT2D eigenvalue weighted by Crippen LogP contribution is -2.16. The molecule has 2 aromatic rings. The number of nitrogens with one attached hydrogen (secondary N) is 1. The summed E-state index contributed by atoms with van der Waals surface area (Å²) in [5, 5.41) is 3.35. The summed E-state index contributed by atoms with van der Waals surface area (Å²) >= 11 is 0. The molecule has 0 aromatic carbocycles. The number of pyridine rings is 1. The van der Waals surface area contributed by atoms with Gasteiger partial charge in [-0.3, -0.25) is 4.98 Å². The SMILES string of the molecule is CCCNc1cc(C(C)(C)C)nc(-c2ccc(C)cn2)n1. The number of aromatic nitrogens is 3. The fourth-order valence-electron chi connectivity index (χ4n) is 1.89. The highest BCUT2D eigenvalue weighted by Crippen LogP contribution is 2.25. The molecule has 0 saturated carbocycles. The van der Waals surface area contributed by atoms with Crippen LogP contribution in [0.2, 0.25) is 0 Å². The Kier molecular flexibility index (Phi) is 4.56. The molecule has 4 nitrogen and oxygen atoms in total. The minimum absolute atomic E-state index is 0.0228. The maximum atomic E-state index is 4.70. The van der Waals surface area contributed by atoms with Crippen LogP contribution in [0.25, 0.3) is 11.5 Å². The second-order valence-corrected chi connectivity index (χ2v) is 6.36. The van der Waals surface area contributed by atoms with Crippen molar-refractivity contribution in [1.82, 2.24) is 15.0 Å². The lowest BCUT2D eigenvalue weighted by molar-refractivity contribution is 0.568. The average molecular weight is 284 g/mol. The Morgan fingerprint density at radius 3 is 2.48 bits per heavy atom. The van der Waals surface area contributed by atoms with Crippen LogP contribution < -0.4 is 5.32 Å². The van der Waals surface area contributed by atoms with E-state index in [0.717, 1.165) is 35.7 Å². The molecule has 1 N–H and O–H groups in total. The van der Waals surface area contributed by atoms with Crippen LogP contribution in [0, 0.1) is 6.92 Å². The van der Waals surface area contributed by atoms with Gasteiger partial charge in [-0.05, 0) is 25.0 Å². The molecule has 0 bridgehead atoms. The van der Waals surface area contributed by atoms with E-state index in [4.69, 9.17) is 4.98 Å². The van der Waals surface area contributed by atoms with Gasteiger partial charge in [-0.15, -0.1) is 0 Å². The molecule has 2 rings (SSSR count). The van der Waals surface area contributed by atoms with Crippen LogP contribution in [0.5, 0.6) is 0 Å². The third-order valence-corrected chi connectivity index (χ3v) is 3.19. The van der Waals surface area contributed by atoms with Crippen LogP contribution in [-0.4, -0.2) is 21.5 Å². The van der Waals surface area contributed by atoms with Gasteiger partial charge in [0.15, 0.2) is 5.82 Å². The van der Waals surface area contributed by atoms with E-state index < -0.39 is 0 Å². The van der Waals surface area contributed by atoms with Crippen molar-refractivity contribution < 1.29 is 0 Å². The molecule has 0 unspecified atom stereocenters. The van der Waals surface area contributed by atoms with Crippen molar-refractivity contribution in [2.24, 2.45) is 0 Å². The summed E-state index contributed by atoms with van der Waals surface area (Å²) in [6, 6.07) is 6.04. The zero-order valence-electron chi connectivity index (χ0n) is 13.6. The standard InChI is InChI=1S/C17H24N4/c1-6-9-18-15-10-14(17(3,4)5)20-16(21-15)13-8-7-12(2)11-19-13/h7-8,10-11H,6,9H2,1-5H3,(H,18,20,21). The third-order valence-electron chi connectivity index (χ3n) is 3.19. The van der Waals surface area contributed by atoms with Gasteiger partial charge < -0.3 is 5.32 Å². The second-order valence-electron chi connectivity index (χ2n) is 6.36. The van der Waals surface area contributed by atoms with Crippen molar-refractivity contribution in [2.45, 2.75) is 46.5 Å². The molecule has 0 atom stereocenters. The van der Waals surface area contributed by atoms with Crippen molar-refractivity contribution >= 4 is 5.82 Å². The van der Waals surface area contributed by atoms with E-state index in [0.29, 0.717) is 5.82 Å². The Morgan fingerprint density at radius 1 is 1.14 bits per heavy atom. The van der Waals surface area contributed by atoms with Crippen molar-refractivity contribution in [3.05, 3.63) is 35.7 Å². The molecule has 0 aliphatic carbocycles. The first-order chi connectivity index (χ1) is 9.90. The average Bonchev–Trinajstić information content (AvgIpc) is 2.44. The predicted octanol–water partition coefficient (Wildman–Crippen LogP) is 3.97. The van der Waals surface area contributed by atoms with Crippen LogP contribution in [-0.2, 0) is 5.41 Å². The van der Waals surface area contributed by atoms with Gasteiger partial charge in [-0.1, -0.05) is 33.8 Å². The highest BCUT2D eigenvalue weighted by Gasteiger charge is 2.18. The zero-order chi connectivity index (χ0) is 15.5. The van der Waals surface area contributed by atoms with Crippen LogP contribution in [0.3, 0.4) is 0 Å². The summed E-state index contributed by atoms with van der Waals surface area (Å²) in [6.45, 7) is 11.5. The zero-order valence-corrected chi connectivity index (χ0v) is 13.6. The van der Waals surface area contributed by atoms with Gasteiger partial charge in [-0.2, -0.15) is 0 Å². The van der Waals surface area contributed by atoms with Gasteiger partial charge in [0.2, 0.25) is 0 Å². The molecule has 0 fully saturated rings. The Balaban J connectivity index is 2.46. The Bertz CT molecular complexity index is 597. The van der Waals surface area contributed by atoms with Crippen molar-refractivity contribution in [3.63, 3.8) is 0 Å². The predicted molar refractivity (Wildman–Crippen MR) is 87.5 cm³/mol. The topological polar surface area (TPSA) is 50.7 Å². The van der Waals surface area contributed by atoms with E-state index in [1.54, 1.807) is 0 Å². The van der Waals surface area contributed by atoms with E-state index in [2.05, 4.69) is 43.0 Å². The van der Waals surface area contributed by atoms with Crippen LogP contribution >= 0.6 is 0 Å². The molecule has 0 aliphatic heterocycles. The lowest BCUT2D eigenvalue weighted by Gasteiger charge is -2.19. The molecule has 112 valence electrons. The van der Waals surface area contributed by atoms with Crippen molar-refractivity contribution in [1.29, 1.82) is 0 Å². The molecule has 0 saturated heterocycles. The minimum Gasteiger partial charge on any atom is -0.370 e. The quantitative estimate of drug-likeness (QED) is 0.923. The van der Waals surface area contributed by atoms with E-state index in [1.165, 1.54) is 0 Å². The first-order valence-electron chi connectivity index (χ1n) is 7.46. The summed E-state index contributed by atoms with van der Waals surface area (Å²) in [4.78, 5) is 13.7. The molecular weight excluding hydrogens is 260 g/mol. The van der Waals surface area contributed by atoms with Gasteiger partial charge in [0.05, 0.1) is 5.69 Å². The van der Waals surface area contributed by atoms with Crippen molar-refractivity contribution in [3.8, 4) is 11.5 Å². The normalized spacial score (nSPS) is 11.5. The maximum Gasteiger partial charge on any atom is 0.180 e. The van der Waals surface area contributed by atoms with E-state index >= 15 is 0 Å². The first kappa shape index (κ1) is 15.4. The smallest absolute Gasteiger partial charge is 0.180 e. The van der Waals surface area contributed by atoms with E-state index in [-0.39, 0.29) is 5.41 Å². The van der Waals surface area contributed by atoms with Gasteiger partial charge in [0.1, 0.15) is 11.5 Å². The van der Waals surface area contributed by atoms with Gasteiger partial charge >= 0.3 is 0 Å². The van der Waals surface area contributed by atoms with Crippen molar-refractivity contribution in [2.75, 3.05) is 11.9 Å². The van der Waals surface area contributed by atoms with Crippen LogP contribution in [0.1, 0.15) is 45.4 Å². The van der Waals surface area contributed by atoms with E-state index in [1.807, 2.05) is 31.3 Å². The molecule has 2 heterocycles. The monoisotopic (exact) mass is 284 g/mol. The number of aryl methyl sites for hydroxylation is 1. The van der Waals surface area contributed by atoms with E-state index in [9.17, 15) is 0 Å². The number of hydrogen-bond acceptors (Lipinski definition) is 4. The molecule has 0 amide bonds. The molecule has 2 aromatic heterocycles. The Labute approximate surface area is 127 Å². The summed E-state index contributed by atoms with van der Waals surface area (Å²) in [7, 11) is 0. The Hall–Kier alpha value is -1.97. The highest BCUT2D eigenvalue weighted by molar-refractivity contribution is 5.54. The van der Waals surface area contributed by atoms with Crippen LogP contribution in [0.15, 0.2) is 24.4 Å². The third kappa shape index (κ3) is 4.00. The number of rotatable bonds is 4. The molecule has 0 spiro atoms.